The molecule has 40 heavy (non-hydrogen) atoms. The first-order chi connectivity index (χ1) is 19.6. The molecule has 0 bridgehead atoms. The van der Waals surface area contributed by atoms with Crippen molar-refractivity contribution in [1.82, 2.24) is 29.5 Å². The van der Waals surface area contributed by atoms with Gasteiger partial charge in [0.25, 0.3) is 0 Å². The van der Waals surface area contributed by atoms with Crippen LogP contribution in [0.15, 0.2) is 79.4 Å². The van der Waals surface area contributed by atoms with Crippen LogP contribution in [-0.2, 0) is 29.7 Å². The summed E-state index contributed by atoms with van der Waals surface area (Å²) in [5.41, 5.74) is 4.85. The van der Waals surface area contributed by atoms with Gasteiger partial charge < -0.3 is 14.6 Å². The van der Waals surface area contributed by atoms with E-state index >= 15 is 0 Å². The molecule has 0 saturated heterocycles. The van der Waals surface area contributed by atoms with Gasteiger partial charge in [-0.25, -0.2) is 4.98 Å². The molecule has 0 unspecified atom stereocenters. The Labute approximate surface area is 243 Å². The molecule has 0 fully saturated rings. The van der Waals surface area contributed by atoms with Crippen LogP contribution in [0.25, 0.3) is 22.5 Å². The van der Waals surface area contributed by atoms with E-state index < -0.39 is 0 Å². The third-order valence-corrected chi connectivity index (χ3v) is 6.28. The van der Waals surface area contributed by atoms with Crippen LogP contribution < -0.4 is 10.6 Å². The van der Waals surface area contributed by atoms with Crippen LogP contribution in [0.2, 0.25) is 0 Å². The van der Waals surface area contributed by atoms with Crippen molar-refractivity contribution in [3.8, 4) is 22.5 Å². The first-order valence-corrected chi connectivity index (χ1v) is 14.5. The second-order valence-corrected chi connectivity index (χ2v) is 9.04. The number of amides is 1. The molecule has 222 valence electrons. The zero-order chi connectivity index (χ0) is 29.0. The molecule has 0 aliphatic rings. The molecule has 0 saturated carbocycles. The van der Waals surface area contributed by atoms with Crippen LogP contribution in [-0.4, -0.2) is 51.8 Å². The number of imidazole rings is 1. The molecular weight excluding hydrogens is 500 g/mol. The molecule has 0 spiro atoms. The Bertz CT molecular complexity index is 1190. The molecule has 0 radical (unpaired) electrons. The lowest BCUT2D eigenvalue weighted by molar-refractivity contribution is -0.120. The zero-order valence-electron chi connectivity index (χ0n) is 25.0. The highest BCUT2D eigenvalue weighted by molar-refractivity contribution is 5.75. The normalized spacial score (nSPS) is 10.3. The Morgan fingerprint density at radius 2 is 1.57 bits per heavy atom. The molecule has 0 atom stereocenters. The molecule has 2 aromatic heterocycles. The van der Waals surface area contributed by atoms with E-state index in [2.05, 4.69) is 85.3 Å². The fourth-order valence-corrected chi connectivity index (χ4v) is 4.18. The van der Waals surface area contributed by atoms with E-state index in [4.69, 9.17) is 4.74 Å². The molecule has 2 aromatic carbocycles. The SMILES string of the molecule is CC.CCOCNCCCCn1c(-c2ccccc2)cn1C.CNC(=O)CCCn1cncc1-c1ccccc1.[HH].[HH]. The summed E-state index contributed by atoms with van der Waals surface area (Å²) in [4.78, 5) is 15.3. The summed E-state index contributed by atoms with van der Waals surface area (Å²) in [5, 5.41) is 5.91. The largest absolute Gasteiger partial charge is 0.367 e. The third-order valence-electron chi connectivity index (χ3n) is 6.28. The summed E-state index contributed by atoms with van der Waals surface area (Å²) in [6.45, 7) is 10.3. The Morgan fingerprint density at radius 3 is 2.17 bits per heavy atom. The fraction of sp³-hybridized carbons (Fsp3) is 0.438. The van der Waals surface area contributed by atoms with E-state index in [0.717, 1.165) is 43.9 Å². The molecule has 0 aliphatic heterocycles. The molecule has 8 nitrogen and oxygen atoms in total. The molecule has 8 heteroatoms. The summed E-state index contributed by atoms with van der Waals surface area (Å²) in [6, 6.07) is 20.7. The highest BCUT2D eigenvalue weighted by Gasteiger charge is 2.09. The van der Waals surface area contributed by atoms with Crippen LogP contribution in [0.3, 0.4) is 0 Å². The molecular formula is C32H52N6O2. The fourth-order valence-electron chi connectivity index (χ4n) is 4.18. The van der Waals surface area contributed by atoms with Crippen molar-refractivity contribution in [2.45, 2.75) is 59.5 Å². The molecule has 4 rings (SSSR count). The number of nitrogens with zero attached hydrogens (tertiary/aromatic N) is 4. The number of unbranched alkanes of at least 4 members (excludes halogenated alkanes) is 1. The van der Waals surface area contributed by atoms with Crippen LogP contribution in [0.4, 0.5) is 0 Å². The predicted octanol–water partition coefficient (Wildman–Crippen LogP) is 6.45. The number of aromatic nitrogens is 4. The van der Waals surface area contributed by atoms with Crippen molar-refractivity contribution in [3.05, 3.63) is 79.4 Å². The van der Waals surface area contributed by atoms with Gasteiger partial charge in [-0.2, -0.15) is 0 Å². The molecule has 2 heterocycles. The lowest BCUT2D eigenvalue weighted by Gasteiger charge is -2.24. The zero-order valence-corrected chi connectivity index (χ0v) is 25.0. The van der Waals surface area contributed by atoms with Crippen molar-refractivity contribution in [1.29, 1.82) is 0 Å². The predicted molar refractivity (Wildman–Crippen MR) is 169 cm³/mol. The summed E-state index contributed by atoms with van der Waals surface area (Å²) >= 11 is 0. The average molecular weight is 553 g/mol. The van der Waals surface area contributed by atoms with Crippen molar-refractivity contribution in [3.63, 3.8) is 0 Å². The van der Waals surface area contributed by atoms with Gasteiger partial charge in [0.05, 0.1) is 30.6 Å². The number of carbonyl (C=O) groups is 1. The van der Waals surface area contributed by atoms with Crippen LogP contribution in [0.5, 0.6) is 0 Å². The van der Waals surface area contributed by atoms with Gasteiger partial charge in [0.2, 0.25) is 5.91 Å². The summed E-state index contributed by atoms with van der Waals surface area (Å²) in [7, 11) is 3.76. The topological polar surface area (TPSA) is 78.0 Å². The summed E-state index contributed by atoms with van der Waals surface area (Å²) in [6.07, 6.45) is 9.55. The van der Waals surface area contributed by atoms with Gasteiger partial charge in [0.15, 0.2) is 0 Å². The Balaban J connectivity index is 0.000000726. The number of hydrogen-bond acceptors (Lipinski definition) is 4. The van der Waals surface area contributed by atoms with Gasteiger partial charge in [-0.3, -0.25) is 19.5 Å². The first kappa shape index (κ1) is 32.6. The summed E-state index contributed by atoms with van der Waals surface area (Å²) in [5.74, 6) is 0.0800. The minimum atomic E-state index is 0. The van der Waals surface area contributed by atoms with Gasteiger partial charge in [-0.1, -0.05) is 74.5 Å². The number of ether oxygens (including phenoxy) is 1. The Hall–Kier alpha value is -3.62. The van der Waals surface area contributed by atoms with E-state index in [1.165, 1.54) is 24.1 Å². The number of aryl methyl sites for hydroxylation is 2. The Kier molecular flexibility index (Phi) is 15.8. The quantitative estimate of drug-likeness (QED) is 0.139. The maximum Gasteiger partial charge on any atom is 0.219 e. The number of hydrogen-bond donors (Lipinski definition) is 2. The van der Waals surface area contributed by atoms with Crippen molar-refractivity contribution in [2.75, 3.05) is 26.9 Å². The van der Waals surface area contributed by atoms with Gasteiger partial charge >= 0.3 is 0 Å². The minimum absolute atomic E-state index is 0. The molecule has 2 N–H and O–H groups in total. The van der Waals surface area contributed by atoms with Gasteiger partial charge in [0, 0.05) is 54.8 Å². The highest BCUT2D eigenvalue weighted by atomic mass is 16.5. The lowest BCUT2D eigenvalue weighted by atomic mass is 10.1. The molecule has 1 amide bonds. The standard InChI is InChI=1S/C16H25N3O.C14H17N3O.C2H6.2H2/c1-3-20-14-17-11-7-8-12-19-16(13-18(19)2)15-9-5-4-6-10-15;1-15-14(18)8-5-9-17-11-16-10-13(17)12-6-3-2-4-7-12;1-2;;/h4-6,9-10,13,17H,3,7-8,11-12,14H2,1-2H3;2-4,6-7,10-11H,5,8-9H2,1H3,(H,15,18);1-2H3;2*1H. The minimum Gasteiger partial charge on any atom is -0.367 e. The van der Waals surface area contributed by atoms with Crippen molar-refractivity contribution >= 4 is 5.91 Å². The first-order valence-electron chi connectivity index (χ1n) is 14.5. The maximum absolute atomic E-state index is 11.2. The van der Waals surface area contributed by atoms with Crippen LogP contribution >= 0.6 is 0 Å². The monoisotopic (exact) mass is 552 g/mol. The van der Waals surface area contributed by atoms with Crippen LogP contribution in [0.1, 0.15) is 49.3 Å². The second-order valence-electron chi connectivity index (χ2n) is 9.04. The van der Waals surface area contributed by atoms with E-state index in [1.54, 1.807) is 7.05 Å². The summed E-state index contributed by atoms with van der Waals surface area (Å²) < 4.78 is 11.8. The number of benzene rings is 2. The van der Waals surface area contributed by atoms with Gasteiger partial charge in [-0.15, -0.1) is 0 Å². The highest BCUT2D eigenvalue weighted by Crippen LogP contribution is 2.22. The average Bonchev–Trinajstić information content (AvgIpc) is 3.48. The molecule has 0 aliphatic carbocycles. The third kappa shape index (κ3) is 10.9. The second kappa shape index (κ2) is 19.4. The molecule has 4 aromatic rings. The van der Waals surface area contributed by atoms with E-state index in [9.17, 15) is 4.79 Å². The van der Waals surface area contributed by atoms with Gasteiger partial charge in [-0.05, 0) is 38.3 Å². The van der Waals surface area contributed by atoms with E-state index in [-0.39, 0.29) is 8.76 Å². The lowest BCUT2D eigenvalue weighted by Crippen LogP contribution is -2.23. The van der Waals surface area contributed by atoms with Crippen LogP contribution in [0, 0.1) is 0 Å². The number of rotatable bonds is 14. The smallest absolute Gasteiger partial charge is 0.219 e. The Morgan fingerprint density at radius 1 is 0.925 bits per heavy atom. The van der Waals surface area contributed by atoms with Crippen molar-refractivity contribution in [2.24, 2.45) is 7.05 Å². The number of carbonyl (C=O) groups excluding carboxylic acids is 1. The van der Waals surface area contributed by atoms with Gasteiger partial charge in [0.1, 0.15) is 0 Å². The van der Waals surface area contributed by atoms with E-state index in [0.29, 0.717) is 13.2 Å². The number of nitrogens with one attached hydrogen (secondary N) is 2. The van der Waals surface area contributed by atoms with Crippen molar-refractivity contribution < 1.29 is 12.4 Å². The van der Waals surface area contributed by atoms with E-state index in [1.807, 2.05) is 51.5 Å². The maximum atomic E-state index is 11.2.